The van der Waals surface area contributed by atoms with Crippen molar-refractivity contribution in [3.63, 3.8) is 0 Å². The van der Waals surface area contributed by atoms with Crippen molar-refractivity contribution in [1.29, 1.82) is 0 Å². The summed E-state index contributed by atoms with van der Waals surface area (Å²) in [4.78, 5) is 18.5. The van der Waals surface area contributed by atoms with Gasteiger partial charge in [-0.25, -0.2) is 0 Å². The molecule has 7 heteroatoms. The lowest BCUT2D eigenvalue weighted by atomic mass is 10.0. The van der Waals surface area contributed by atoms with Crippen molar-refractivity contribution in [2.45, 2.75) is 43.6 Å². The minimum Gasteiger partial charge on any atom is -0.376 e. The fourth-order valence-corrected chi connectivity index (χ4v) is 3.07. The number of hydrogen-bond acceptors (Lipinski definition) is 6. The molecule has 22 heavy (non-hydrogen) atoms. The normalized spacial score (nSPS) is 26.1. The summed E-state index contributed by atoms with van der Waals surface area (Å²) in [5.41, 5.74) is 0. The summed E-state index contributed by atoms with van der Waals surface area (Å²) in [6, 6.07) is 0. The average molecular weight is 306 g/mol. The molecule has 2 aliphatic heterocycles. The molecule has 0 spiro atoms. The van der Waals surface area contributed by atoms with E-state index in [1.165, 1.54) is 12.8 Å². The summed E-state index contributed by atoms with van der Waals surface area (Å²) >= 11 is 0. The largest absolute Gasteiger partial charge is 0.376 e. The van der Waals surface area contributed by atoms with Crippen LogP contribution in [0.4, 0.5) is 0 Å². The van der Waals surface area contributed by atoms with Crippen LogP contribution in [0.25, 0.3) is 0 Å². The zero-order valence-corrected chi connectivity index (χ0v) is 12.7. The molecule has 3 fully saturated rings. The highest BCUT2D eigenvalue weighted by molar-refractivity contribution is 5.78. The Labute approximate surface area is 129 Å². The zero-order chi connectivity index (χ0) is 14.9. The first-order chi connectivity index (χ1) is 10.8. The Morgan fingerprint density at radius 2 is 2.14 bits per heavy atom. The molecule has 1 atom stereocenters. The number of nitrogens with zero attached hydrogens (tertiary/aromatic N) is 3. The van der Waals surface area contributed by atoms with Gasteiger partial charge in [0.25, 0.3) is 0 Å². The molecular formula is C15H22N4O3. The van der Waals surface area contributed by atoms with Crippen LogP contribution in [-0.2, 0) is 9.53 Å². The van der Waals surface area contributed by atoms with E-state index in [-0.39, 0.29) is 17.9 Å². The first-order valence-corrected chi connectivity index (χ1v) is 8.22. The number of amides is 1. The number of rotatable bonds is 6. The van der Waals surface area contributed by atoms with E-state index in [1.54, 1.807) is 0 Å². The summed E-state index contributed by atoms with van der Waals surface area (Å²) in [6.45, 7) is 3.53. The SMILES string of the molecule is O=C(CN1CC(c2nc(C3CC3)no2)C1)NCC1CCCO1. The van der Waals surface area contributed by atoms with Crippen LogP contribution in [0.3, 0.4) is 0 Å². The summed E-state index contributed by atoms with van der Waals surface area (Å²) < 4.78 is 10.8. The molecule has 1 N–H and O–H groups in total. The Kier molecular flexibility index (Phi) is 3.83. The topological polar surface area (TPSA) is 80.5 Å². The van der Waals surface area contributed by atoms with Crippen LogP contribution >= 0.6 is 0 Å². The average Bonchev–Trinajstić information content (AvgIpc) is 3.01. The molecule has 3 aliphatic rings. The predicted molar refractivity (Wildman–Crippen MR) is 77.4 cm³/mol. The van der Waals surface area contributed by atoms with E-state index in [0.717, 1.165) is 44.3 Å². The summed E-state index contributed by atoms with van der Waals surface area (Å²) in [5.74, 6) is 2.47. The molecular weight excluding hydrogens is 284 g/mol. The van der Waals surface area contributed by atoms with E-state index in [1.807, 2.05) is 0 Å². The predicted octanol–water partition coefficient (Wildman–Crippen LogP) is 0.641. The monoisotopic (exact) mass is 306 g/mol. The lowest BCUT2D eigenvalue weighted by molar-refractivity contribution is -0.123. The Hall–Kier alpha value is -1.47. The van der Waals surface area contributed by atoms with Gasteiger partial charge in [-0.1, -0.05) is 5.16 Å². The molecule has 4 rings (SSSR count). The molecule has 1 amide bonds. The van der Waals surface area contributed by atoms with Crippen LogP contribution in [0.1, 0.15) is 49.2 Å². The van der Waals surface area contributed by atoms with Gasteiger partial charge in [0.2, 0.25) is 11.8 Å². The fraction of sp³-hybridized carbons (Fsp3) is 0.800. The highest BCUT2D eigenvalue weighted by atomic mass is 16.5. The first-order valence-electron chi connectivity index (χ1n) is 8.22. The standard InChI is InChI=1S/C15H22N4O3/c20-13(16-6-12-2-1-5-21-12)9-19-7-11(8-19)15-17-14(18-22-15)10-3-4-10/h10-12H,1-9H2,(H,16,20). The third-order valence-electron chi connectivity index (χ3n) is 4.62. The smallest absolute Gasteiger partial charge is 0.234 e. The van der Waals surface area contributed by atoms with Crippen molar-refractivity contribution < 1.29 is 14.1 Å². The molecule has 1 aliphatic carbocycles. The highest BCUT2D eigenvalue weighted by Crippen LogP contribution is 2.39. The molecule has 3 heterocycles. The van der Waals surface area contributed by atoms with Crippen LogP contribution in [0, 0.1) is 0 Å². The second-order valence-electron chi connectivity index (χ2n) is 6.60. The fourth-order valence-electron chi connectivity index (χ4n) is 3.07. The van der Waals surface area contributed by atoms with Crippen LogP contribution in [0.5, 0.6) is 0 Å². The molecule has 120 valence electrons. The van der Waals surface area contributed by atoms with Gasteiger partial charge >= 0.3 is 0 Å². The number of nitrogens with one attached hydrogen (secondary N) is 1. The highest BCUT2D eigenvalue weighted by Gasteiger charge is 2.35. The summed E-state index contributed by atoms with van der Waals surface area (Å²) in [6.07, 6.45) is 4.71. The van der Waals surface area contributed by atoms with Crippen LogP contribution in [0.15, 0.2) is 4.52 Å². The zero-order valence-electron chi connectivity index (χ0n) is 12.7. The quantitative estimate of drug-likeness (QED) is 0.831. The van der Waals surface area contributed by atoms with Gasteiger partial charge in [-0.05, 0) is 25.7 Å². The second-order valence-corrected chi connectivity index (χ2v) is 6.60. The van der Waals surface area contributed by atoms with Crippen LogP contribution in [0.2, 0.25) is 0 Å². The van der Waals surface area contributed by atoms with Gasteiger partial charge in [-0.2, -0.15) is 4.98 Å². The molecule has 0 bridgehead atoms. The molecule has 0 aromatic carbocycles. The van der Waals surface area contributed by atoms with Crippen molar-refractivity contribution in [1.82, 2.24) is 20.4 Å². The number of hydrogen-bond donors (Lipinski definition) is 1. The van der Waals surface area contributed by atoms with E-state index < -0.39 is 0 Å². The minimum atomic E-state index is 0.0677. The minimum absolute atomic E-state index is 0.0677. The lowest BCUT2D eigenvalue weighted by Crippen LogP contribution is -2.50. The molecule has 0 radical (unpaired) electrons. The van der Waals surface area contributed by atoms with E-state index in [0.29, 0.717) is 19.0 Å². The van der Waals surface area contributed by atoms with E-state index in [4.69, 9.17) is 9.26 Å². The molecule has 7 nitrogen and oxygen atoms in total. The van der Waals surface area contributed by atoms with Gasteiger partial charge in [-0.3, -0.25) is 9.69 Å². The number of likely N-dealkylation sites (tertiary alicyclic amines) is 1. The van der Waals surface area contributed by atoms with Crippen LogP contribution < -0.4 is 5.32 Å². The molecule has 1 aromatic heterocycles. The van der Waals surface area contributed by atoms with Crippen LogP contribution in [-0.4, -0.2) is 59.8 Å². The van der Waals surface area contributed by atoms with Gasteiger partial charge in [0.05, 0.1) is 18.6 Å². The van der Waals surface area contributed by atoms with Crippen molar-refractivity contribution in [3.05, 3.63) is 11.7 Å². The maximum absolute atomic E-state index is 11.9. The molecule has 1 unspecified atom stereocenters. The maximum atomic E-state index is 11.9. The van der Waals surface area contributed by atoms with Gasteiger partial charge in [0, 0.05) is 32.2 Å². The van der Waals surface area contributed by atoms with Crippen molar-refractivity contribution in [2.75, 3.05) is 32.8 Å². The van der Waals surface area contributed by atoms with E-state index >= 15 is 0 Å². The van der Waals surface area contributed by atoms with Gasteiger partial charge in [-0.15, -0.1) is 0 Å². The van der Waals surface area contributed by atoms with E-state index in [2.05, 4.69) is 20.4 Å². The Bertz CT molecular complexity index is 531. The summed E-state index contributed by atoms with van der Waals surface area (Å²) in [7, 11) is 0. The maximum Gasteiger partial charge on any atom is 0.234 e. The van der Waals surface area contributed by atoms with Gasteiger partial charge < -0.3 is 14.6 Å². The van der Waals surface area contributed by atoms with Crippen molar-refractivity contribution in [3.8, 4) is 0 Å². The Morgan fingerprint density at radius 3 is 2.86 bits per heavy atom. The number of carbonyl (C=O) groups is 1. The molecule has 1 aromatic rings. The van der Waals surface area contributed by atoms with Gasteiger partial charge in [0.1, 0.15) is 0 Å². The van der Waals surface area contributed by atoms with Gasteiger partial charge in [0.15, 0.2) is 5.82 Å². The lowest BCUT2D eigenvalue weighted by Gasteiger charge is -2.36. The Balaban J connectivity index is 1.17. The third-order valence-corrected chi connectivity index (χ3v) is 4.62. The summed E-state index contributed by atoms with van der Waals surface area (Å²) in [5, 5.41) is 6.99. The third kappa shape index (κ3) is 3.15. The molecule has 2 saturated heterocycles. The van der Waals surface area contributed by atoms with Crippen molar-refractivity contribution >= 4 is 5.91 Å². The number of carbonyl (C=O) groups excluding carboxylic acids is 1. The molecule has 1 saturated carbocycles. The number of aromatic nitrogens is 2. The van der Waals surface area contributed by atoms with Crippen molar-refractivity contribution in [2.24, 2.45) is 0 Å². The van der Waals surface area contributed by atoms with E-state index in [9.17, 15) is 4.79 Å². The Morgan fingerprint density at radius 1 is 1.27 bits per heavy atom. The first kappa shape index (κ1) is 14.1. The number of ether oxygens (including phenoxy) is 1. The second kappa shape index (κ2) is 5.96.